The number of carboxylic acids is 1. The van der Waals surface area contributed by atoms with E-state index in [1.165, 1.54) is 0 Å². The number of aliphatic carboxylic acids is 1. The Morgan fingerprint density at radius 2 is 1.79 bits per heavy atom. The Bertz CT molecular complexity index is 292. The van der Waals surface area contributed by atoms with Crippen molar-refractivity contribution in [1.29, 1.82) is 0 Å². The fraction of sp³-hybridized carbons (Fsp3) is 0.667. The highest BCUT2D eigenvalue weighted by Crippen LogP contribution is 2.37. The maximum atomic E-state index is 11.3. The summed E-state index contributed by atoms with van der Waals surface area (Å²) in [5, 5.41) is 8.93. The largest absolute Gasteiger partial charge is 0.480 e. The van der Waals surface area contributed by atoms with E-state index in [-0.39, 0.29) is 30.6 Å². The Kier molecular flexibility index (Phi) is 2.02. The highest BCUT2D eigenvalue weighted by molar-refractivity contribution is 6.05. The molecule has 1 aliphatic carbocycles. The maximum absolute atomic E-state index is 11.3. The molecule has 0 spiro atoms. The summed E-state index contributed by atoms with van der Waals surface area (Å²) < 4.78 is 0. The molecule has 0 aromatic rings. The number of carbonyl (C=O) groups is 3. The van der Waals surface area contributed by atoms with Crippen LogP contribution in [0.5, 0.6) is 0 Å². The van der Waals surface area contributed by atoms with Crippen molar-refractivity contribution in [2.24, 2.45) is 5.92 Å². The van der Waals surface area contributed by atoms with Crippen molar-refractivity contribution in [3.05, 3.63) is 0 Å². The Morgan fingerprint density at radius 1 is 1.29 bits per heavy atom. The molecule has 0 aromatic heterocycles. The lowest BCUT2D eigenvalue weighted by Gasteiger charge is -2.21. The van der Waals surface area contributed by atoms with E-state index in [0.29, 0.717) is 0 Å². The van der Waals surface area contributed by atoms with E-state index >= 15 is 0 Å². The first-order chi connectivity index (χ1) is 6.61. The average Bonchev–Trinajstić information content (AvgIpc) is 2.87. The molecule has 1 saturated heterocycles. The first kappa shape index (κ1) is 9.18. The van der Waals surface area contributed by atoms with Crippen molar-refractivity contribution in [3.63, 3.8) is 0 Å². The molecule has 1 aliphatic heterocycles. The lowest BCUT2D eigenvalue weighted by molar-refractivity contribution is -0.155. The number of hydrogen-bond donors (Lipinski definition) is 1. The average molecular weight is 197 g/mol. The lowest BCUT2D eigenvalue weighted by atomic mass is 10.1. The summed E-state index contributed by atoms with van der Waals surface area (Å²) in [4.78, 5) is 34.5. The van der Waals surface area contributed by atoms with E-state index in [4.69, 9.17) is 5.11 Å². The van der Waals surface area contributed by atoms with E-state index in [0.717, 1.165) is 17.7 Å². The predicted molar refractivity (Wildman–Crippen MR) is 45.2 cm³/mol. The SMILES string of the molecule is O=C(O)C(C1CC1)N1C(=O)CCC1=O. The fourth-order valence-electron chi connectivity index (χ4n) is 1.84. The van der Waals surface area contributed by atoms with Gasteiger partial charge in [0.05, 0.1) is 0 Å². The van der Waals surface area contributed by atoms with Gasteiger partial charge in [0, 0.05) is 12.8 Å². The van der Waals surface area contributed by atoms with Gasteiger partial charge in [-0.1, -0.05) is 0 Å². The van der Waals surface area contributed by atoms with Crippen molar-refractivity contribution in [2.75, 3.05) is 0 Å². The number of amides is 2. The molecular weight excluding hydrogens is 186 g/mol. The fourth-order valence-corrected chi connectivity index (χ4v) is 1.84. The number of hydrogen-bond acceptors (Lipinski definition) is 3. The number of rotatable bonds is 3. The number of carboxylic acid groups (broad SMARTS) is 1. The van der Waals surface area contributed by atoms with Gasteiger partial charge >= 0.3 is 5.97 Å². The minimum absolute atomic E-state index is 0.0153. The third-order valence-electron chi connectivity index (χ3n) is 2.69. The Morgan fingerprint density at radius 3 is 2.14 bits per heavy atom. The first-order valence-electron chi connectivity index (χ1n) is 4.69. The van der Waals surface area contributed by atoms with Gasteiger partial charge in [-0.05, 0) is 18.8 Å². The summed E-state index contributed by atoms with van der Waals surface area (Å²) in [6, 6.07) is -0.905. The van der Waals surface area contributed by atoms with Crippen LogP contribution in [0.2, 0.25) is 0 Å². The minimum atomic E-state index is -1.06. The zero-order valence-corrected chi connectivity index (χ0v) is 7.60. The Labute approximate surface area is 80.7 Å². The standard InChI is InChI=1S/C9H11NO4/c11-6-3-4-7(12)10(6)8(9(13)14)5-1-2-5/h5,8H,1-4H2,(H,13,14). The molecule has 1 saturated carbocycles. The van der Waals surface area contributed by atoms with Crippen LogP contribution in [-0.2, 0) is 14.4 Å². The predicted octanol–water partition coefficient (Wildman–Crippen LogP) is -0.00140. The molecule has 0 radical (unpaired) electrons. The summed E-state index contributed by atoms with van der Waals surface area (Å²) >= 11 is 0. The van der Waals surface area contributed by atoms with Crippen molar-refractivity contribution >= 4 is 17.8 Å². The van der Waals surface area contributed by atoms with Crippen molar-refractivity contribution in [1.82, 2.24) is 4.90 Å². The van der Waals surface area contributed by atoms with E-state index in [1.807, 2.05) is 0 Å². The molecule has 5 heteroatoms. The van der Waals surface area contributed by atoms with Crippen LogP contribution in [0.4, 0.5) is 0 Å². The van der Waals surface area contributed by atoms with Gasteiger partial charge in [-0.3, -0.25) is 14.5 Å². The van der Waals surface area contributed by atoms with Crippen LogP contribution in [0.25, 0.3) is 0 Å². The molecule has 2 rings (SSSR count). The zero-order chi connectivity index (χ0) is 10.3. The molecule has 1 unspecified atom stereocenters. The molecule has 76 valence electrons. The lowest BCUT2D eigenvalue weighted by Crippen LogP contribution is -2.45. The second-order valence-corrected chi connectivity index (χ2v) is 3.78. The van der Waals surface area contributed by atoms with Gasteiger partial charge in [-0.15, -0.1) is 0 Å². The third kappa shape index (κ3) is 1.38. The van der Waals surface area contributed by atoms with Crippen LogP contribution in [0.3, 0.4) is 0 Å². The van der Waals surface area contributed by atoms with Crippen LogP contribution >= 0.6 is 0 Å². The molecule has 1 N–H and O–H groups in total. The second kappa shape index (κ2) is 3.08. The smallest absolute Gasteiger partial charge is 0.327 e. The molecular formula is C9H11NO4. The minimum Gasteiger partial charge on any atom is -0.480 e. The second-order valence-electron chi connectivity index (χ2n) is 3.78. The van der Waals surface area contributed by atoms with Gasteiger partial charge in [-0.25, -0.2) is 4.79 Å². The topological polar surface area (TPSA) is 74.7 Å². The molecule has 2 aliphatic rings. The molecule has 2 amide bonds. The van der Waals surface area contributed by atoms with Gasteiger partial charge in [0.2, 0.25) is 11.8 Å². The summed E-state index contributed by atoms with van der Waals surface area (Å²) in [6.07, 6.45) is 1.92. The highest BCUT2D eigenvalue weighted by atomic mass is 16.4. The monoisotopic (exact) mass is 197 g/mol. The van der Waals surface area contributed by atoms with Crippen LogP contribution < -0.4 is 0 Å². The number of carbonyl (C=O) groups excluding carboxylic acids is 2. The third-order valence-corrected chi connectivity index (χ3v) is 2.69. The number of imide groups is 1. The van der Waals surface area contributed by atoms with E-state index in [9.17, 15) is 14.4 Å². The number of likely N-dealkylation sites (tertiary alicyclic amines) is 1. The molecule has 5 nitrogen and oxygen atoms in total. The summed E-state index contributed by atoms with van der Waals surface area (Å²) in [6.45, 7) is 0. The van der Waals surface area contributed by atoms with Crippen molar-refractivity contribution < 1.29 is 19.5 Å². The van der Waals surface area contributed by atoms with E-state index < -0.39 is 12.0 Å². The van der Waals surface area contributed by atoms with E-state index in [1.54, 1.807) is 0 Å². The van der Waals surface area contributed by atoms with Gasteiger partial charge < -0.3 is 5.11 Å². The highest BCUT2D eigenvalue weighted by Gasteiger charge is 2.46. The summed E-state index contributed by atoms with van der Waals surface area (Å²) in [7, 11) is 0. The molecule has 0 bridgehead atoms. The van der Waals surface area contributed by atoms with E-state index in [2.05, 4.69) is 0 Å². The molecule has 2 fully saturated rings. The van der Waals surface area contributed by atoms with Gasteiger partial charge in [-0.2, -0.15) is 0 Å². The quantitative estimate of drug-likeness (QED) is 0.646. The Balaban J connectivity index is 2.20. The van der Waals surface area contributed by atoms with Crippen LogP contribution in [0.1, 0.15) is 25.7 Å². The van der Waals surface area contributed by atoms with Gasteiger partial charge in [0.15, 0.2) is 0 Å². The van der Waals surface area contributed by atoms with Crippen molar-refractivity contribution in [2.45, 2.75) is 31.7 Å². The summed E-state index contributed by atoms with van der Waals surface area (Å²) in [5.74, 6) is -1.75. The molecule has 1 heterocycles. The molecule has 1 atom stereocenters. The normalized spacial score (nSPS) is 24.1. The maximum Gasteiger partial charge on any atom is 0.327 e. The van der Waals surface area contributed by atoms with Gasteiger partial charge in [0.25, 0.3) is 0 Å². The zero-order valence-electron chi connectivity index (χ0n) is 7.60. The molecule has 14 heavy (non-hydrogen) atoms. The van der Waals surface area contributed by atoms with Crippen LogP contribution in [-0.4, -0.2) is 33.8 Å². The first-order valence-corrected chi connectivity index (χ1v) is 4.69. The van der Waals surface area contributed by atoms with Crippen LogP contribution in [0, 0.1) is 5.92 Å². The number of nitrogens with zero attached hydrogens (tertiary/aromatic N) is 1. The van der Waals surface area contributed by atoms with Crippen LogP contribution in [0.15, 0.2) is 0 Å². The Hall–Kier alpha value is -1.39. The summed E-state index contributed by atoms with van der Waals surface area (Å²) in [5.41, 5.74) is 0. The molecule has 0 aromatic carbocycles. The van der Waals surface area contributed by atoms with Gasteiger partial charge in [0.1, 0.15) is 6.04 Å². The van der Waals surface area contributed by atoms with Crippen molar-refractivity contribution in [3.8, 4) is 0 Å².